The highest BCUT2D eigenvalue weighted by Gasteiger charge is 2.10. The first-order chi connectivity index (χ1) is 16.7. The number of ether oxygens (including phenoxy) is 4. The lowest BCUT2D eigenvalue weighted by Gasteiger charge is -2.15. The van der Waals surface area contributed by atoms with Crippen molar-refractivity contribution in [2.75, 3.05) is 39.6 Å². The van der Waals surface area contributed by atoms with Crippen LogP contribution in [0.2, 0.25) is 0 Å². The highest BCUT2D eigenvalue weighted by atomic mass is 16.5. The fourth-order valence-corrected chi connectivity index (χ4v) is 3.41. The Morgan fingerprint density at radius 3 is 1.50 bits per heavy atom. The average molecular weight is 465 g/mol. The summed E-state index contributed by atoms with van der Waals surface area (Å²) in [5, 5.41) is 22.2. The molecule has 2 N–H and O–H groups in total. The Morgan fingerprint density at radius 2 is 1.03 bits per heavy atom. The third-order valence-electron chi connectivity index (χ3n) is 5.05. The highest BCUT2D eigenvalue weighted by Crippen LogP contribution is 2.24. The predicted molar refractivity (Wildman–Crippen MR) is 128 cm³/mol. The summed E-state index contributed by atoms with van der Waals surface area (Å²) in [6.07, 6.45) is 1.84. The molecule has 2 atom stereocenters. The summed E-state index contributed by atoms with van der Waals surface area (Å²) in [7, 11) is 0. The first-order valence-corrected chi connectivity index (χ1v) is 11.2. The van der Waals surface area contributed by atoms with E-state index in [4.69, 9.17) is 18.9 Å². The number of benzene rings is 2. The maximum atomic E-state index is 10.1. The fraction of sp³-hybridized carbons (Fsp3) is 0.308. The van der Waals surface area contributed by atoms with Gasteiger partial charge < -0.3 is 29.2 Å². The number of rotatable bonds is 13. The number of pyridine rings is 2. The molecule has 8 heteroatoms. The zero-order chi connectivity index (χ0) is 23.6. The van der Waals surface area contributed by atoms with E-state index in [1.165, 1.54) is 0 Å². The third-order valence-corrected chi connectivity index (χ3v) is 5.05. The Kier molecular flexibility index (Phi) is 8.59. The van der Waals surface area contributed by atoms with Crippen molar-refractivity contribution >= 4 is 21.8 Å². The van der Waals surface area contributed by atoms with E-state index in [9.17, 15) is 10.2 Å². The van der Waals surface area contributed by atoms with Crippen LogP contribution in [0.5, 0.6) is 11.5 Å². The minimum atomic E-state index is -0.785. The van der Waals surface area contributed by atoms with Crippen LogP contribution in [0, 0.1) is 0 Å². The van der Waals surface area contributed by atoms with Crippen LogP contribution in [-0.2, 0) is 9.47 Å². The number of nitrogens with zero attached hydrogens (tertiary/aromatic N) is 2. The van der Waals surface area contributed by atoms with E-state index >= 15 is 0 Å². The van der Waals surface area contributed by atoms with E-state index in [-0.39, 0.29) is 39.6 Å². The van der Waals surface area contributed by atoms with Gasteiger partial charge in [0.25, 0.3) is 0 Å². The van der Waals surface area contributed by atoms with Crippen LogP contribution < -0.4 is 9.47 Å². The number of hydrogen-bond donors (Lipinski definition) is 2. The zero-order valence-electron chi connectivity index (χ0n) is 18.7. The van der Waals surface area contributed by atoms with E-state index in [2.05, 4.69) is 9.97 Å². The second kappa shape index (κ2) is 12.2. The maximum Gasteiger partial charge on any atom is 0.145 e. The number of aliphatic hydroxyl groups excluding tert-OH is 2. The smallest absolute Gasteiger partial charge is 0.145 e. The van der Waals surface area contributed by atoms with Gasteiger partial charge in [0.1, 0.15) is 48.0 Å². The quantitative estimate of drug-likeness (QED) is 0.291. The molecule has 0 spiro atoms. The van der Waals surface area contributed by atoms with Gasteiger partial charge in [-0.3, -0.25) is 9.97 Å². The van der Waals surface area contributed by atoms with Gasteiger partial charge in [-0.1, -0.05) is 36.4 Å². The molecule has 2 aromatic heterocycles. The Balaban J connectivity index is 1.08. The van der Waals surface area contributed by atoms with E-state index in [1.807, 2.05) is 60.7 Å². The summed E-state index contributed by atoms with van der Waals surface area (Å²) in [5.41, 5.74) is 1.51. The average Bonchev–Trinajstić information content (AvgIpc) is 2.88. The van der Waals surface area contributed by atoms with Gasteiger partial charge in [-0.2, -0.15) is 0 Å². The van der Waals surface area contributed by atoms with Gasteiger partial charge in [0.15, 0.2) is 0 Å². The van der Waals surface area contributed by atoms with E-state index in [1.54, 1.807) is 12.4 Å². The lowest BCUT2D eigenvalue weighted by molar-refractivity contribution is -0.0315. The van der Waals surface area contributed by atoms with Gasteiger partial charge in [0, 0.05) is 23.2 Å². The molecule has 0 saturated carbocycles. The van der Waals surface area contributed by atoms with Gasteiger partial charge >= 0.3 is 0 Å². The number of fused-ring (bicyclic) bond motifs is 2. The third kappa shape index (κ3) is 6.61. The molecule has 4 aromatic rings. The van der Waals surface area contributed by atoms with Crippen LogP contribution in [0.1, 0.15) is 0 Å². The van der Waals surface area contributed by atoms with Crippen LogP contribution >= 0.6 is 0 Å². The number of para-hydroxylation sites is 2. The van der Waals surface area contributed by atoms with E-state index in [0.29, 0.717) is 11.5 Å². The number of hydrogen-bond acceptors (Lipinski definition) is 8. The number of aliphatic hydroxyl groups is 2. The number of aromatic nitrogens is 2. The fourth-order valence-electron chi connectivity index (χ4n) is 3.41. The van der Waals surface area contributed by atoms with E-state index < -0.39 is 12.2 Å². The molecule has 2 heterocycles. The molecule has 2 aromatic carbocycles. The summed E-state index contributed by atoms with van der Waals surface area (Å²) < 4.78 is 22.3. The van der Waals surface area contributed by atoms with Crippen molar-refractivity contribution in [2.45, 2.75) is 12.2 Å². The van der Waals surface area contributed by atoms with E-state index in [0.717, 1.165) is 21.8 Å². The molecule has 0 amide bonds. The Hall–Kier alpha value is -3.30. The van der Waals surface area contributed by atoms with Crippen molar-refractivity contribution in [3.8, 4) is 11.5 Å². The molecular formula is C26H28N2O6. The zero-order valence-corrected chi connectivity index (χ0v) is 18.7. The first-order valence-electron chi connectivity index (χ1n) is 11.2. The van der Waals surface area contributed by atoms with Crippen molar-refractivity contribution < 1.29 is 29.2 Å². The van der Waals surface area contributed by atoms with Gasteiger partial charge in [0.2, 0.25) is 0 Å². The molecule has 0 aliphatic rings. The lowest BCUT2D eigenvalue weighted by Crippen LogP contribution is -2.26. The maximum absolute atomic E-state index is 10.1. The molecule has 0 bridgehead atoms. The Labute approximate surface area is 197 Å². The molecular weight excluding hydrogens is 436 g/mol. The summed E-state index contributed by atoms with van der Waals surface area (Å²) >= 11 is 0. The van der Waals surface area contributed by atoms with Crippen LogP contribution in [0.25, 0.3) is 21.8 Å². The molecule has 0 saturated heterocycles. The van der Waals surface area contributed by atoms with Crippen molar-refractivity contribution in [3.63, 3.8) is 0 Å². The van der Waals surface area contributed by atoms with Gasteiger partial charge in [-0.25, -0.2) is 0 Å². The molecule has 0 fully saturated rings. The van der Waals surface area contributed by atoms with Crippen molar-refractivity contribution in [3.05, 3.63) is 73.1 Å². The summed E-state index contributed by atoms with van der Waals surface area (Å²) in [5.74, 6) is 1.24. The molecule has 0 radical (unpaired) electrons. The van der Waals surface area contributed by atoms with Gasteiger partial charge in [0.05, 0.1) is 26.4 Å². The van der Waals surface area contributed by atoms with Crippen molar-refractivity contribution in [1.82, 2.24) is 9.97 Å². The van der Waals surface area contributed by atoms with Gasteiger partial charge in [-0.05, 0) is 24.3 Å². The summed E-state index contributed by atoms with van der Waals surface area (Å²) in [6, 6.07) is 19.0. The van der Waals surface area contributed by atoms with Crippen molar-refractivity contribution in [1.29, 1.82) is 0 Å². The monoisotopic (exact) mass is 464 g/mol. The normalized spacial score (nSPS) is 13.1. The molecule has 2 unspecified atom stereocenters. The second-order valence-corrected chi connectivity index (χ2v) is 7.74. The standard InChI is InChI=1S/C26H28N2O6/c29-21(17-33-23-9-1-5-19-7-3-11-27-25(19)23)15-31-13-14-32-16-22(30)18-34-24-10-2-6-20-8-4-12-28-26(20)24/h1-12,21-22,29-30H,13-18H2. The molecule has 0 aliphatic heterocycles. The SMILES string of the molecule is OC(COCCOCC(O)COc1cccc2cccnc12)COc1cccc2cccnc12. The first kappa shape index (κ1) is 23.8. The predicted octanol–water partition coefficient (Wildman–Crippen LogP) is 3.00. The van der Waals surface area contributed by atoms with Crippen LogP contribution in [0.3, 0.4) is 0 Å². The molecule has 34 heavy (non-hydrogen) atoms. The Bertz CT molecular complexity index is 1080. The Morgan fingerprint density at radius 1 is 0.588 bits per heavy atom. The van der Waals surface area contributed by atoms with Crippen LogP contribution in [0.4, 0.5) is 0 Å². The summed E-state index contributed by atoms with van der Waals surface area (Å²) in [6.45, 7) is 0.981. The molecule has 4 rings (SSSR count). The van der Waals surface area contributed by atoms with Gasteiger partial charge in [-0.15, -0.1) is 0 Å². The van der Waals surface area contributed by atoms with Crippen molar-refractivity contribution in [2.24, 2.45) is 0 Å². The molecule has 178 valence electrons. The molecule has 8 nitrogen and oxygen atoms in total. The van der Waals surface area contributed by atoms with Crippen LogP contribution in [0.15, 0.2) is 73.1 Å². The topological polar surface area (TPSA) is 103 Å². The molecule has 0 aliphatic carbocycles. The minimum absolute atomic E-state index is 0.0929. The second-order valence-electron chi connectivity index (χ2n) is 7.74. The summed E-state index contributed by atoms with van der Waals surface area (Å²) in [4.78, 5) is 8.65. The minimum Gasteiger partial charge on any atom is -0.489 e. The largest absolute Gasteiger partial charge is 0.489 e. The van der Waals surface area contributed by atoms with Crippen LogP contribution in [-0.4, -0.2) is 72.0 Å². The lowest BCUT2D eigenvalue weighted by atomic mass is 10.2. The highest BCUT2D eigenvalue weighted by molar-refractivity contribution is 5.84.